The molecule has 0 unspecified atom stereocenters. The molecule has 0 atom stereocenters. The number of aliphatic hydroxyl groups is 1. The van der Waals surface area contributed by atoms with Gasteiger partial charge in [0.2, 0.25) is 0 Å². The first-order chi connectivity index (χ1) is 12.6. The molecule has 0 aliphatic carbocycles. The molecule has 3 rings (SSSR count). The van der Waals surface area contributed by atoms with Gasteiger partial charge in [0, 0.05) is 11.6 Å². The average molecular weight is 390 g/mol. The summed E-state index contributed by atoms with van der Waals surface area (Å²) in [7, 11) is 0. The van der Waals surface area contributed by atoms with Gasteiger partial charge in [0.1, 0.15) is 5.02 Å². The van der Waals surface area contributed by atoms with Gasteiger partial charge in [-0.25, -0.2) is 0 Å². The molecule has 2 N–H and O–H groups in total. The lowest BCUT2D eigenvalue weighted by Crippen LogP contribution is -2.23. The first-order valence-electron chi connectivity index (χ1n) is 8.05. The van der Waals surface area contributed by atoms with E-state index < -0.39 is 5.56 Å². The van der Waals surface area contributed by atoms with Crippen molar-refractivity contribution in [3.05, 3.63) is 86.3 Å². The molecular weight excluding hydrogens is 373 g/mol. The third kappa shape index (κ3) is 4.25. The van der Waals surface area contributed by atoms with Crippen LogP contribution in [0, 0.1) is 0 Å². The summed E-state index contributed by atoms with van der Waals surface area (Å²) in [4.78, 5) is 12.5. The zero-order valence-corrected chi connectivity index (χ0v) is 15.3. The molecule has 0 aliphatic heterocycles. The highest BCUT2D eigenvalue weighted by Gasteiger charge is 2.10. The molecule has 0 spiro atoms. The monoisotopic (exact) mass is 389 g/mol. The van der Waals surface area contributed by atoms with Crippen molar-refractivity contribution in [3.63, 3.8) is 0 Å². The summed E-state index contributed by atoms with van der Waals surface area (Å²) in [5, 5.41) is 17.0. The Bertz CT molecular complexity index is 938. The van der Waals surface area contributed by atoms with Gasteiger partial charge in [-0.3, -0.25) is 4.79 Å². The summed E-state index contributed by atoms with van der Waals surface area (Å²) in [6.07, 6.45) is 2.29. The van der Waals surface area contributed by atoms with Crippen LogP contribution in [0.5, 0.6) is 0 Å². The fraction of sp³-hybridized carbons (Fsp3) is 0.158. The molecule has 26 heavy (non-hydrogen) atoms. The minimum Gasteiger partial charge on any atom is -0.392 e. The van der Waals surface area contributed by atoms with Crippen LogP contribution in [0.15, 0.2) is 59.5 Å². The van der Waals surface area contributed by atoms with E-state index >= 15 is 0 Å². The summed E-state index contributed by atoms with van der Waals surface area (Å²) < 4.78 is 1.23. The molecule has 134 valence electrons. The third-order valence-corrected chi connectivity index (χ3v) is 4.54. The molecule has 0 radical (unpaired) electrons. The third-order valence-electron chi connectivity index (χ3n) is 3.92. The number of aromatic nitrogens is 2. The fourth-order valence-electron chi connectivity index (χ4n) is 2.48. The van der Waals surface area contributed by atoms with Gasteiger partial charge in [-0.1, -0.05) is 47.5 Å². The van der Waals surface area contributed by atoms with Gasteiger partial charge < -0.3 is 10.4 Å². The zero-order chi connectivity index (χ0) is 18.5. The van der Waals surface area contributed by atoms with Crippen LogP contribution >= 0.6 is 23.2 Å². The Morgan fingerprint density at radius 3 is 2.31 bits per heavy atom. The quantitative estimate of drug-likeness (QED) is 0.674. The average Bonchev–Trinajstić information content (AvgIpc) is 2.67. The van der Waals surface area contributed by atoms with E-state index in [1.54, 1.807) is 24.3 Å². The van der Waals surface area contributed by atoms with Gasteiger partial charge in [-0.15, -0.1) is 0 Å². The van der Waals surface area contributed by atoms with Gasteiger partial charge >= 0.3 is 0 Å². The van der Waals surface area contributed by atoms with Crippen molar-refractivity contribution in [2.45, 2.75) is 13.0 Å². The van der Waals surface area contributed by atoms with E-state index in [2.05, 4.69) is 10.4 Å². The molecule has 2 aromatic carbocycles. The van der Waals surface area contributed by atoms with Crippen LogP contribution in [0.25, 0.3) is 5.69 Å². The van der Waals surface area contributed by atoms with Crippen LogP contribution in [0.3, 0.4) is 0 Å². The Morgan fingerprint density at radius 1 is 1.00 bits per heavy atom. The highest BCUT2D eigenvalue weighted by molar-refractivity contribution is 6.33. The summed E-state index contributed by atoms with van der Waals surface area (Å²) >= 11 is 12.1. The van der Waals surface area contributed by atoms with Gasteiger partial charge in [-0.05, 0) is 41.8 Å². The molecule has 1 aromatic heterocycles. The van der Waals surface area contributed by atoms with Crippen molar-refractivity contribution in [1.82, 2.24) is 9.78 Å². The Hall–Kier alpha value is -2.34. The molecule has 5 nitrogen and oxygen atoms in total. The molecule has 0 saturated heterocycles. The molecule has 0 bridgehead atoms. The van der Waals surface area contributed by atoms with Gasteiger partial charge in [-0.2, -0.15) is 9.78 Å². The number of nitrogens with one attached hydrogen (secondary N) is 1. The van der Waals surface area contributed by atoms with Gasteiger partial charge in [0.15, 0.2) is 0 Å². The predicted molar refractivity (Wildman–Crippen MR) is 104 cm³/mol. The second-order valence-corrected chi connectivity index (χ2v) is 6.53. The smallest absolute Gasteiger partial charge is 0.292 e. The van der Waals surface area contributed by atoms with Crippen LogP contribution in [-0.2, 0) is 13.0 Å². The van der Waals surface area contributed by atoms with Crippen LogP contribution in [0.1, 0.15) is 11.1 Å². The van der Waals surface area contributed by atoms with E-state index in [1.165, 1.54) is 10.9 Å². The maximum Gasteiger partial charge on any atom is 0.292 e. The number of aliphatic hydroxyl groups excluding tert-OH is 1. The SMILES string of the molecule is O=c1c(Cl)c(NCCc2ccc(CO)cc2)cnn1-c1ccc(Cl)cc1. The number of hydrogen-bond donors (Lipinski definition) is 2. The lowest BCUT2D eigenvalue weighted by atomic mass is 10.1. The molecule has 1 heterocycles. The maximum atomic E-state index is 12.5. The number of benzene rings is 2. The molecule has 0 saturated carbocycles. The molecule has 0 fully saturated rings. The van der Waals surface area contributed by atoms with E-state index in [0.717, 1.165) is 17.5 Å². The van der Waals surface area contributed by atoms with Crippen LogP contribution in [0.2, 0.25) is 10.0 Å². The highest BCUT2D eigenvalue weighted by Crippen LogP contribution is 2.18. The van der Waals surface area contributed by atoms with E-state index in [-0.39, 0.29) is 11.6 Å². The molecule has 0 aliphatic rings. The Morgan fingerprint density at radius 2 is 1.65 bits per heavy atom. The molecule has 3 aromatic rings. The van der Waals surface area contributed by atoms with Crippen LogP contribution < -0.4 is 10.9 Å². The first-order valence-corrected chi connectivity index (χ1v) is 8.80. The highest BCUT2D eigenvalue weighted by atomic mass is 35.5. The van der Waals surface area contributed by atoms with Crippen molar-refractivity contribution in [1.29, 1.82) is 0 Å². The fourth-order valence-corrected chi connectivity index (χ4v) is 2.80. The second kappa shape index (κ2) is 8.36. The predicted octanol–water partition coefficient (Wildman–Crippen LogP) is 3.69. The van der Waals surface area contributed by atoms with Gasteiger partial charge in [0.05, 0.1) is 24.2 Å². The van der Waals surface area contributed by atoms with Crippen molar-refractivity contribution in [2.24, 2.45) is 0 Å². The van der Waals surface area contributed by atoms with Crippen molar-refractivity contribution in [2.75, 3.05) is 11.9 Å². The first kappa shape index (κ1) is 18.5. The van der Waals surface area contributed by atoms with E-state index in [9.17, 15) is 4.79 Å². The number of rotatable bonds is 6. The largest absolute Gasteiger partial charge is 0.392 e. The summed E-state index contributed by atoms with van der Waals surface area (Å²) in [6.45, 7) is 0.633. The lowest BCUT2D eigenvalue weighted by molar-refractivity contribution is 0.282. The van der Waals surface area contributed by atoms with E-state index in [4.69, 9.17) is 28.3 Å². The van der Waals surface area contributed by atoms with Crippen LogP contribution in [-0.4, -0.2) is 21.4 Å². The van der Waals surface area contributed by atoms with Crippen molar-refractivity contribution >= 4 is 28.9 Å². The standard InChI is InChI=1S/C19H17Cl2N3O2/c20-15-5-7-16(8-6-15)24-19(26)18(21)17(11-23-24)22-10-9-13-1-3-14(12-25)4-2-13/h1-8,11,22,25H,9-10,12H2. The zero-order valence-electron chi connectivity index (χ0n) is 13.8. The summed E-state index contributed by atoms with van der Waals surface area (Å²) in [5.74, 6) is 0. The molecular formula is C19H17Cl2N3O2. The lowest BCUT2D eigenvalue weighted by Gasteiger charge is -2.10. The number of nitrogens with zero attached hydrogens (tertiary/aromatic N) is 2. The second-order valence-electron chi connectivity index (χ2n) is 5.72. The maximum absolute atomic E-state index is 12.5. The van der Waals surface area contributed by atoms with E-state index in [1.807, 2.05) is 24.3 Å². The Labute approximate surface area is 160 Å². The number of anilines is 1. The number of halogens is 2. The van der Waals surface area contributed by atoms with Crippen molar-refractivity contribution in [3.8, 4) is 5.69 Å². The molecule has 0 amide bonds. The summed E-state index contributed by atoms with van der Waals surface area (Å²) in [6, 6.07) is 14.5. The molecule has 7 heteroatoms. The van der Waals surface area contributed by atoms with Crippen LogP contribution in [0.4, 0.5) is 5.69 Å². The summed E-state index contributed by atoms with van der Waals surface area (Å²) in [5.41, 5.74) is 2.69. The number of hydrogen-bond acceptors (Lipinski definition) is 4. The topological polar surface area (TPSA) is 67.2 Å². The minimum atomic E-state index is -0.397. The Kier molecular flexibility index (Phi) is 5.93. The van der Waals surface area contributed by atoms with E-state index in [0.29, 0.717) is 22.9 Å². The Balaban J connectivity index is 1.69. The van der Waals surface area contributed by atoms with Crippen molar-refractivity contribution < 1.29 is 5.11 Å². The minimum absolute atomic E-state index is 0.0315. The van der Waals surface area contributed by atoms with Gasteiger partial charge in [0.25, 0.3) is 5.56 Å². The normalized spacial score (nSPS) is 10.7.